The normalized spacial score (nSPS) is 31.1. The molecule has 0 spiro atoms. The summed E-state index contributed by atoms with van der Waals surface area (Å²) in [6.45, 7) is 5.80. The summed E-state index contributed by atoms with van der Waals surface area (Å²) in [5.41, 5.74) is 0.610. The molecule has 19 heavy (non-hydrogen) atoms. The number of piperidine rings is 1. The molecule has 3 rings (SSSR count). The molecule has 4 heteroatoms. The fourth-order valence-corrected chi connectivity index (χ4v) is 3.64. The highest BCUT2D eigenvalue weighted by molar-refractivity contribution is 5.40. The van der Waals surface area contributed by atoms with E-state index in [9.17, 15) is 5.11 Å². The van der Waals surface area contributed by atoms with Gasteiger partial charge in [0, 0.05) is 30.8 Å². The molecule has 104 valence electrons. The average Bonchev–Trinajstić information content (AvgIpc) is 2.36. The number of aryl methyl sites for hydroxylation is 2. The lowest BCUT2D eigenvalue weighted by atomic mass is 9.71. The van der Waals surface area contributed by atoms with Crippen molar-refractivity contribution in [2.24, 2.45) is 5.92 Å². The minimum Gasteiger partial charge on any atom is -0.389 e. The summed E-state index contributed by atoms with van der Waals surface area (Å²) < 4.78 is 0. The monoisotopic (exact) mass is 261 g/mol. The quantitative estimate of drug-likeness (QED) is 0.842. The molecule has 2 unspecified atom stereocenters. The first kappa shape index (κ1) is 12.9. The van der Waals surface area contributed by atoms with Gasteiger partial charge in [0.15, 0.2) is 0 Å². The second-order valence-electron chi connectivity index (χ2n) is 6.16. The van der Waals surface area contributed by atoms with Crippen molar-refractivity contribution in [3.63, 3.8) is 0 Å². The summed E-state index contributed by atoms with van der Waals surface area (Å²) in [6.07, 6.45) is 5.44. The Morgan fingerprint density at radius 3 is 2.89 bits per heavy atom. The molecule has 4 nitrogen and oxygen atoms in total. The van der Waals surface area contributed by atoms with Crippen LogP contribution in [-0.2, 0) is 0 Å². The van der Waals surface area contributed by atoms with E-state index in [2.05, 4.69) is 20.9 Å². The smallest absolute Gasteiger partial charge is 0.132 e. The highest BCUT2D eigenvalue weighted by Crippen LogP contribution is 2.40. The fourth-order valence-electron chi connectivity index (χ4n) is 3.64. The molecule has 1 aromatic rings. The second kappa shape index (κ2) is 4.75. The molecule has 1 saturated carbocycles. The summed E-state index contributed by atoms with van der Waals surface area (Å²) in [5.74, 6) is 2.27. The van der Waals surface area contributed by atoms with E-state index in [0.29, 0.717) is 5.92 Å². The van der Waals surface area contributed by atoms with Crippen molar-refractivity contribution < 1.29 is 5.11 Å². The number of rotatable bonds is 1. The third kappa shape index (κ3) is 2.46. The van der Waals surface area contributed by atoms with E-state index >= 15 is 0 Å². The Balaban J connectivity index is 1.80. The zero-order valence-electron chi connectivity index (χ0n) is 11.9. The topological polar surface area (TPSA) is 49.2 Å². The van der Waals surface area contributed by atoms with Crippen LogP contribution >= 0.6 is 0 Å². The number of hydrogen-bond donors (Lipinski definition) is 1. The van der Waals surface area contributed by atoms with Crippen LogP contribution in [0.1, 0.15) is 43.6 Å². The van der Waals surface area contributed by atoms with Crippen molar-refractivity contribution in [2.75, 3.05) is 18.0 Å². The van der Waals surface area contributed by atoms with Crippen molar-refractivity contribution in [1.82, 2.24) is 9.97 Å². The van der Waals surface area contributed by atoms with E-state index in [1.165, 1.54) is 12.8 Å². The molecular weight excluding hydrogens is 238 g/mol. The predicted molar refractivity (Wildman–Crippen MR) is 75.2 cm³/mol. The van der Waals surface area contributed by atoms with Crippen LogP contribution in [0, 0.1) is 19.8 Å². The first-order valence-corrected chi connectivity index (χ1v) is 7.36. The van der Waals surface area contributed by atoms with Gasteiger partial charge in [0.05, 0.1) is 5.60 Å². The lowest BCUT2D eigenvalue weighted by Crippen LogP contribution is -2.53. The molecule has 0 aromatic carbocycles. The molecule has 1 saturated heterocycles. The lowest BCUT2D eigenvalue weighted by molar-refractivity contribution is -0.0613. The van der Waals surface area contributed by atoms with E-state index in [4.69, 9.17) is 0 Å². The number of anilines is 1. The van der Waals surface area contributed by atoms with Crippen LogP contribution in [0.25, 0.3) is 0 Å². The van der Waals surface area contributed by atoms with Gasteiger partial charge in [-0.1, -0.05) is 12.8 Å². The predicted octanol–water partition coefficient (Wildman–Crippen LogP) is 2.22. The number of aliphatic hydroxyl groups is 1. The van der Waals surface area contributed by atoms with Gasteiger partial charge in [0.1, 0.15) is 11.6 Å². The lowest BCUT2D eigenvalue weighted by Gasteiger charge is -2.47. The molecule has 1 aromatic heterocycles. The van der Waals surface area contributed by atoms with Crippen LogP contribution in [0.5, 0.6) is 0 Å². The summed E-state index contributed by atoms with van der Waals surface area (Å²) in [6, 6.07) is 2.06. The molecule has 2 aliphatic rings. The van der Waals surface area contributed by atoms with Gasteiger partial charge in [-0.05, 0) is 33.1 Å². The zero-order chi connectivity index (χ0) is 13.5. The van der Waals surface area contributed by atoms with Crippen molar-refractivity contribution in [1.29, 1.82) is 0 Å². The Hall–Kier alpha value is -1.16. The number of aromatic nitrogens is 2. The Kier molecular flexibility index (Phi) is 3.21. The van der Waals surface area contributed by atoms with Crippen LogP contribution in [0.3, 0.4) is 0 Å². The molecule has 2 atom stereocenters. The van der Waals surface area contributed by atoms with Gasteiger partial charge in [-0.15, -0.1) is 0 Å². The summed E-state index contributed by atoms with van der Waals surface area (Å²) in [4.78, 5) is 11.2. The molecule has 1 N–H and O–H groups in total. The fraction of sp³-hybridized carbons (Fsp3) is 0.733. The van der Waals surface area contributed by atoms with Crippen molar-refractivity contribution in [3.8, 4) is 0 Å². The zero-order valence-corrected chi connectivity index (χ0v) is 11.9. The Labute approximate surface area is 114 Å². The third-order valence-corrected chi connectivity index (χ3v) is 4.70. The van der Waals surface area contributed by atoms with E-state index in [-0.39, 0.29) is 0 Å². The molecule has 2 fully saturated rings. The molecule has 1 aliphatic heterocycles. The number of fused-ring (bicyclic) bond motifs is 1. The maximum Gasteiger partial charge on any atom is 0.132 e. The Bertz CT molecular complexity index is 456. The molecule has 0 amide bonds. The van der Waals surface area contributed by atoms with Gasteiger partial charge in [0.2, 0.25) is 0 Å². The molecule has 2 heterocycles. The highest BCUT2D eigenvalue weighted by Gasteiger charge is 2.42. The van der Waals surface area contributed by atoms with Crippen molar-refractivity contribution >= 4 is 5.82 Å². The maximum absolute atomic E-state index is 10.7. The van der Waals surface area contributed by atoms with E-state index in [1.807, 2.05) is 13.8 Å². The van der Waals surface area contributed by atoms with Gasteiger partial charge in [-0.25, -0.2) is 9.97 Å². The van der Waals surface area contributed by atoms with E-state index in [0.717, 1.165) is 49.7 Å². The highest BCUT2D eigenvalue weighted by atomic mass is 16.3. The van der Waals surface area contributed by atoms with Crippen molar-refractivity contribution in [3.05, 3.63) is 17.6 Å². The van der Waals surface area contributed by atoms with Crippen LogP contribution in [0.4, 0.5) is 5.82 Å². The molecule has 0 radical (unpaired) electrons. The van der Waals surface area contributed by atoms with Crippen molar-refractivity contribution in [2.45, 2.75) is 51.6 Å². The molecular formula is C15H23N3O. The largest absolute Gasteiger partial charge is 0.389 e. The van der Waals surface area contributed by atoms with Gasteiger partial charge in [-0.2, -0.15) is 0 Å². The van der Waals surface area contributed by atoms with E-state index < -0.39 is 5.60 Å². The molecule has 0 bridgehead atoms. The Morgan fingerprint density at radius 1 is 1.26 bits per heavy atom. The maximum atomic E-state index is 10.7. The minimum absolute atomic E-state index is 0.408. The van der Waals surface area contributed by atoms with Gasteiger partial charge >= 0.3 is 0 Å². The number of nitrogens with zero attached hydrogens (tertiary/aromatic N) is 3. The third-order valence-electron chi connectivity index (χ3n) is 4.70. The van der Waals surface area contributed by atoms with Crippen LogP contribution < -0.4 is 4.90 Å². The van der Waals surface area contributed by atoms with E-state index in [1.54, 1.807) is 0 Å². The van der Waals surface area contributed by atoms with Gasteiger partial charge in [0.25, 0.3) is 0 Å². The standard InChI is InChI=1S/C15H23N3O/c1-11-9-14(17-12(2)16-11)18-8-7-15(19)6-4-3-5-13(15)10-18/h9,13,19H,3-8,10H2,1-2H3. The SMILES string of the molecule is Cc1cc(N2CCC3(O)CCCCC3C2)nc(C)n1. The second-order valence-corrected chi connectivity index (χ2v) is 6.16. The first-order valence-electron chi connectivity index (χ1n) is 7.36. The Morgan fingerprint density at radius 2 is 2.11 bits per heavy atom. The minimum atomic E-state index is -0.411. The summed E-state index contributed by atoms with van der Waals surface area (Å²) in [7, 11) is 0. The summed E-state index contributed by atoms with van der Waals surface area (Å²) >= 11 is 0. The van der Waals surface area contributed by atoms with Gasteiger partial charge < -0.3 is 10.0 Å². The van der Waals surface area contributed by atoms with Crippen LogP contribution in [0.15, 0.2) is 6.07 Å². The average molecular weight is 261 g/mol. The summed E-state index contributed by atoms with van der Waals surface area (Å²) in [5, 5.41) is 10.7. The first-order chi connectivity index (χ1) is 9.07. The van der Waals surface area contributed by atoms with Crippen LogP contribution in [0.2, 0.25) is 0 Å². The van der Waals surface area contributed by atoms with Gasteiger partial charge in [-0.3, -0.25) is 0 Å². The van der Waals surface area contributed by atoms with Crippen LogP contribution in [-0.4, -0.2) is 33.8 Å². The molecule has 1 aliphatic carbocycles. The number of hydrogen-bond acceptors (Lipinski definition) is 4.